The van der Waals surface area contributed by atoms with Crippen LogP contribution in [0.2, 0.25) is 0 Å². The summed E-state index contributed by atoms with van der Waals surface area (Å²) in [6, 6.07) is 12.7. The second-order valence-electron chi connectivity index (χ2n) is 10.6. The number of piperidine rings is 1. The normalized spacial score (nSPS) is 21.2. The monoisotopic (exact) mass is 495 g/mol. The summed E-state index contributed by atoms with van der Waals surface area (Å²) in [6.07, 6.45) is 1.24. The Labute approximate surface area is 211 Å². The lowest BCUT2D eigenvalue weighted by Gasteiger charge is -2.34. The van der Waals surface area contributed by atoms with Gasteiger partial charge in [0.25, 0.3) is 0 Å². The number of nitrogens with zero attached hydrogens (tertiary/aromatic N) is 2. The topological polar surface area (TPSA) is 58.2 Å². The van der Waals surface area contributed by atoms with Crippen molar-refractivity contribution in [1.29, 1.82) is 0 Å². The fourth-order valence-corrected chi connectivity index (χ4v) is 5.82. The summed E-state index contributed by atoms with van der Waals surface area (Å²) in [7, 11) is 0. The van der Waals surface area contributed by atoms with Crippen molar-refractivity contribution in [3.63, 3.8) is 0 Å². The summed E-state index contributed by atoms with van der Waals surface area (Å²) < 4.78 is 31.5. The van der Waals surface area contributed by atoms with Crippen molar-refractivity contribution < 1.29 is 18.3 Å². The molecule has 7 heteroatoms. The Morgan fingerprint density at radius 3 is 2.67 bits per heavy atom. The molecule has 2 unspecified atom stereocenters. The third-order valence-corrected chi connectivity index (χ3v) is 8.00. The maximum Gasteiger partial charge on any atom is 0.238 e. The van der Waals surface area contributed by atoms with Crippen LogP contribution in [0, 0.1) is 24.7 Å². The number of hydrogen-bond donors (Lipinski definition) is 1. The first-order chi connectivity index (χ1) is 17.4. The van der Waals surface area contributed by atoms with E-state index in [9.17, 15) is 13.6 Å². The fraction of sp³-hybridized carbons (Fsp3) is 0.517. The van der Waals surface area contributed by atoms with Gasteiger partial charge < -0.3 is 14.6 Å². The Kier molecular flexibility index (Phi) is 7.26. The van der Waals surface area contributed by atoms with Crippen LogP contribution in [0.15, 0.2) is 36.4 Å². The van der Waals surface area contributed by atoms with E-state index < -0.39 is 6.43 Å². The van der Waals surface area contributed by atoms with Crippen LogP contribution in [0.1, 0.15) is 50.4 Å². The number of ether oxygens (including phenoxy) is 1. The number of halogens is 2. The van der Waals surface area contributed by atoms with Crippen LogP contribution in [-0.2, 0) is 11.2 Å². The van der Waals surface area contributed by atoms with Gasteiger partial charge in [0, 0.05) is 25.9 Å². The highest BCUT2D eigenvalue weighted by molar-refractivity contribution is 5.82. The molecule has 2 aromatic carbocycles. The Balaban J connectivity index is 1.25. The summed E-state index contributed by atoms with van der Waals surface area (Å²) in [6.45, 7) is 5.97. The van der Waals surface area contributed by atoms with Crippen molar-refractivity contribution >= 4 is 16.9 Å². The number of aromatic amines is 1. The maximum atomic E-state index is 13.1. The molecule has 5 nitrogen and oxygen atoms in total. The molecule has 0 bridgehead atoms. The molecule has 3 aromatic rings. The summed E-state index contributed by atoms with van der Waals surface area (Å²) >= 11 is 0. The summed E-state index contributed by atoms with van der Waals surface area (Å²) in [5.74, 6) is 2.58. The van der Waals surface area contributed by atoms with Crippen molar-refractivity contribution in [1.82, 2.24) is 14.9 Å². The van der Waals surface area contributed by atoms with Gasteiger partial charge in [-0.15, -0.1) is 0 Å². The van der Waals surface area contributed by atoms with Gasteiger partial charge in [-0.05, 0) is 91.3 Å². The number of rotatable bonds is 5. The van der Waals surface area contributed by atoms with Crippen LogP contribution in [0.3, 0.4) is 0 Å². The summed E-state index contributed by atoms with van der Waals surface area (Å²) in [5, 5.41) is 0. The van der Waals surface area contributed by atoms with E-state index in [2.05, 4.69) is 47.2 Å². The molecule has 0 saturated carbocycles. The quantitative estimate of drug-likeness (QED) is 0.446. The zero-order valence-corrected chi connectivity index (χ0v) is 21.1. The highest BCUT2D eigenvalue weighted by Crippen LogP contribution is 2.35. The Morgan fingerprint density at radius 2 is 1.89 bits per heavy atom. The maximum absolute atomic E-state index is 13.1. The fourth-order valence-electron chi connectivity index (χ4n) is 5.82. The van der Waals surface area contributed by atoms with Crippen LogP contribution >= 0.6 is 0 Å². The van der Waals surface area contributed by atoms with E-state index in [-0.39, 0.29) is 24.2 Å². The second kappa shape index (κ2) is 10.6. The van der Waals surface area contributed by atoms with Gasteiger partial charge in [0.1, 0.15) is 11.6 Å². The first-order valence-electron chi connectivity index (χ1n) is 13.1. The largest absolute Gasteiger partial charge is 0.493 e. The predicted octanol–water partition coefficient (Wildman–Crippen LogP) is 6.40. The lowest BCUT2D eigenvalue weighted by molar-refractivity contribution is -0.134. The molecule has 2 atom stereocenters. The Morgan fingerprint density at radius 1 is 1.14 bits per heavy atom. The molecule has 3 heterocycles. The van der Waals surface area contributed by atoms with E-state index in [0.29, 0.717) is 44.9 Å². The lowest BCUT2D eigenvalue weighted by Crippen LogP contribution is -2.40. The van der Waals surface area contributed by atoms with Gasteiger partial charge in [-0.1, -0.05) is 19.1 Å². The number of aromatic nitrogens is 2. The van der Waals surface area contributed by atoms with E-state index in [0.717, 1.165) is 46.6 Å². The third-order valence-electron chi connectivity index (χ3n) is 8.00. The second-order valence-corrected chi connectivity index (χ2v) is 10.6. The molecular weight excluding hydrogens is 460 g/mol. The summed E-state index contributed by atoms with van der Waals surface area (Å²) in [5.41, 5.74) is 5.43. The molecule has 5 rings (SSSR count). The van der Waals surface area contributed by atoms with Crippen molar-refractivity contribution in [2.24, 2.45) is 17.8 Å². The molecule has 2 aliphatic rings. The number of fused-ring (bicyclic) bond motifs is 2. The van der Waals surface area contributed by atoms with Crippen LogP contribution in [-0.4, -0.2) is 46.9 Å². The number of carbonyl (C=O) groups is 1. The van der Waals surface area contributed by atoms with Crippen LogP contribution in [0.5, 0.6) is 5.75 Å². The van der Waals surface area contributed by atoms with Crippen molar-refractivity contribution in [3.05, 3.63) is 47.8 Å². The first kappa shape index (κ1) is 24.7. The van der Waals surface area contributed by atoms with Gasteiger partial charge in [-0.3, -0.25) is 4.79 Å². The van der Waals surface area contributed by atoms with Crippen molar-refractivity contribution in [2.75, 3.05) is 19.7 Å². The number of H-pyrrole nitrogens is 1. The molecule has 2 aliphatic heterocycles. The van der Waals surface area contributed by atoms with E-state index in [1.165, 1.54) is 5.56 Å². The molecule has 1 aromatic heterocycles. The molecule has 1 fully saturated rings. The standard InChI is InChI=1S/C29H35F2N3O2/c1-18-13-24-15-22(23-3-5-25-26(16-23)33-19(2)32-25)4-6-27(24)36-12-9-21(18)17-29(35)34-10-7-20(8-11-34)14-28(30)31/h3-6,15-16,18,20-21,28H,7-14,17H2,1-2H3,(H,32,33). The number of likely N-dealkylation sites (tertiary alicyclic amines) is 1. The number of amides is 1. The molecule has 0 aliphatic carbocycles. The smallest absolute Gasteiger partial charge is 0.238 e. The molecule has 0 radical (unpaired) electrons. The van der Waals surface area contributed by atoms with E-state index in [1.807, 2.05) is 17.9 Å². The van der Waals surface area contributed by atoms with Gasteiger partial charge >= 0.3 is 0 Å². The third kappa shape index (κ3) is 5.55. The molecule has 1 amide bonds. The minimum Gasteiger partial charge on any atom is -0.493 e. The van der Waals surface area contributed by atoms with Crippen LogP contribution < -0.4 is 4.74 Å². The van der Waals surface area contributed by atoms with Crippen molar-refractivity contribution in [2.45, 2.75) is 58.8 Å². The average Bonchev–Trinajstić information content (AvgIpc) is 3.22. The number of alkyl halides is 2. The number of benzene rings is 2. The highest BCUT2D eigenvalue weighted by atomic mass is 19.3. The van der Waals surface area contributed by atoms with Gasteiger partial charge in [-0.25, -0.2) is 13.8 Å². The van der Waals surface area contributed by atoms with Crippen LogP contribution in [0.25, 0.3) is 22.2 Å². The molecule has 1 N–H and O–H groups in total. The minimum atomic E-state index is -2.26. The zero-order valence-electron chi connectivity index (χ0n) is 21.1. The molecular formula is C29H35F2N3O2. The van der Waals surface area contributed by atoms with Gasteiger partial charge in [0.15, 0.2) is 0 Å². The first-order valence-corrected chi connectivity index (χ1v) is 13.1. The Bertz CT molecular complexity index is 1220. The van der Waals surface area contributed by atoms with Crippen LogP contribution in [0.4, 0.5) is 8.78 Å². The minimum absolute atomic E-state index is 0.0338. The number of hydrogen-bond acceptors (Lipinski definition) is 3. The van der Waals surface area contributed by atoms with E-state index in [1.54, 1.807) is 0 Å². The SMILES string of the molecule is Cc1nc2ccc(-c3ccc4c(c3)CC(C)C(CC(=O)N3CCC(CC(F)F)CC3)CCO4)cc2[nH]1. The van der Waals surface area contributed by atoms with Gasteiger partial charge in [0.05, 0.1) is 17.6 Å². The van der Waals surface area contributed by atoms with Gasteiger partial charge in [-0.2, -0.15) is 0 Å². The number of nitrogens with one attached hydrogen (secondary N) is 1. The average molecular weight is 496 g/mol. The van der Waals surface area contributed by atoms with E-state index in [4.69, 9.17) is 4.74 Å². The Hall–Kier alpha value is -2.96. The highest BCUT2D eigenvalue weighted by Gasteiger charge is 2.29. The number of imidazole rings is 1. The molecule has 0 spiro atoms. The zero-order chi connectivity index (χ0) is 25.2. The molecule has 192 valence electrons. The molecule has 36 heavy (non-hydrogen) atoms. The lowest BCUT2D eigenvalue weighted by atomic mass is 9.82. The van der Waals surface area contributed by atoms with Gasteiger partial charge in [0.2, 0.25) is 12.3 Å². The summed E-state index contributed by atoms with van der Waals surface area (Å²) in [4.78, 5) is 22.8. The predicted molar refractivity (Wildman–Crippen MR) is 137 cm³/mol. The van der Waals surface area contributed by atoms with E-state index >= 15 is 0 Å². The van der Waals surface area contributed by atoms with Crippen molar-refractivity contribution in [3.8, 4) is 16.9 Å². The number of carbonyl (C=O) groups excluding carboxylic acids is 1. The molecule has 1 saturated heterocycles. The number of aryl methyl sites for hydroxylation is 1.